The van der Waals surface area contributed by atoms with Crippen LogP contribution in [0.1, 0.15) is 12.8 Å². The summed E-state index contributed by atoms with van der Waals surface area (Å²) in [6, 6.07) is 7.39. The maximum absolute atomic E-state index is 12.6. The number of likely N-dealkylation sites (tertiary alicyclic amines) is 1. The van der Waals surface area contributed by atoms with Crippen molar-refractivity contribution in [1.82, 2.24) is 14.8 Å². The summed E-state index contributed by atoms with van der Waals surface area (Å²) in [5.41, 5.74) is 1.69. The van der Waals surface area contributed by atoms with Gasteiger partial charge in [0.15, 0.2) is 5.13 Å². The van der Waals surface area contributed by atoms with Gasteiger partial charge in [0, 0.05) is 43.2 Å². The molecular formula is C18H21ClN4O2S. The Bertz CT molecular complexity index is 808. The number of rotatable bonds is 3. The van der Waals surface area contributed by atoms with Crippen LogP contribution >= 0.6 is 22.9 Å². The Labute approximate surface area is 161 Å². The fourth-order valence-electron chi connectivity index (χ4n) is 2.97. The molecule has 0 saturated carbocycles. The third-order valence-electron chi connectivity index (χ3n) is 4.30. The van der Waals surface area contributed by atoms with Gasteiger partial charge in [-0.1, -0.05) is 23.7 Å². The molecular weight excluding hydrogens is 372 g/mol. The molecule has 1 N–H and O–H groups in total. The molecule has 6 nitrogen and oxygen atoms in total. The van der Waals surface area contributed by atoms with E-state index in [0.717, 1.165) is 24.1 Å². The van der Waals surface area contributed by atoms with E-state index in [0.29, 0.717) is 23.2 Å². The lowest BCUT2D eigenvalue weighted by Crippen LogP contribution is -2.47. The van der Waals surface area contributed by atoms with E-state index in [1.807, 2.05) is 29.6 Å². The largest absolute Gasteiger partial charge is 0.331 e. The monoisotopic (exact) mass is 392 g/mol. The second kappa shape index (κ2) is 8.05. The highest BCUT2D eigenvalue weighted by Crippen LogP contribution is 2.27. The topological polar surface area (TPSA) is 65.5 Å². The van der Waals surface area contributed by atoms with Crippen molar-refractivity contribution in [1.29, 1.82) is 0 Å². The van der Waals surface area contributed by atoms with Crippen molar-refractivity contribution in [3.8, 4) is 11.3 Å². The van der Waals surface area contributed by atoms with Crippen LogP contribution in [0.2, 0.25) is 5.02 Å². The molecule has 2 aromatic rings. The smallest absolute Gasteiger partial charge is 0.319 e. The quantitative estimate of drug-likeness (QED) is 0.864. The predicted molar refractivity (Wildman–Crippen MR) is 105 cm³/mol. The number of carbonyl (C=O) groups is 2. The molecule has 1 aromatic heterocycles. The number of aromatic nitrogens is 1. The standard InChI is InChI=1S/C18H21ClN4O2S/c1-22(2)18(25)23-8-4-6-13(10-23)16(24)21-17-20-15(11-26-17)12-5-3-7-14(19)9-12/h3,5,7,9,11,13H,4,6,8,10H2,1-2H3,(H,20,21,24)/t13-/m0/s1. The summed E-state index contributed by atoms with van der Waals surface area (Å²) in [7, 11) is 3.44. The van der Waals surface area contributed by atoms with E-state index in [2.05, 4.69) is 10.3 Å². The Morgan fingerprint density at radius 3 is 2.92 bits per heavy atom. The van der Waals surface area contributed by atoms with Crippen LogP contribution in [0.4, 0.5) is 9.93 Å². The molecule has 0 unspecified atom stereocenters. The highest BCUT2D eigenvalue weighted by Gasteiger charge is 2.29. The number of piperidine rings is 1. The van der Waals surface area contributed by atoms with Crippen molar-refractivity contribution in [2.24, 2.45) is 5.92 Å². The lowest BCUT2D eigenvalue weighted by Gasteiger charge is -2.33. The number of amides is 3. The predicted octanol–water partition coefficient (Wildman–Crippen LogP) is 3.80. The first kappa shape index (κ1) is 18.7. The second-order valence-electron chi connectivity index (χ2n) is 6.50. The minimum absolute atomic E-state index is 0.0556. The fourth-order valence-corrected chi connectivity index (χ4v) is 3.88. The number of nitrogens with one attached hydrogen (secondary N) is 1. The average Bonchev–Trinajstić information content (AvgIpc) is 3.09. The Balaban J connectivity index is 1.64. The van der Waals surface area contributed by atoms with Gasteiger partial charge in [-0.3, -0.25) is 4.79 Å². The number of hydrogen-bond acceptors (Lipinski definition) is 4. The first-order valence-electron chi connectivity index (χ1n) is 8.42. The molecule has 0 spiro atoms. The van der Waals surface area contributed by atoms with E-state index in [1.54, 1.807) is 23.9 Å². The molecule has 1 atom stereocenters. The van der Waals surface area contributed by atoms with E-state index in [-0.39, 0.29) is 17.9 Å². The number of nitrogens with zero attached hydrogens (tertiary/aromatic N) is 3. The number of hydrogen-bond donors (Lipinski definition) is 1. The molecule has 1 aliphatic rings. The lowest BCUT2D eigenvalue weighted by atomic mass is 9.97. The van der Waals surface area contributed by atoms with Gasteiger partial charge in [-0.05, 0) is 25.0 Å². The third-order valence-corrected chi connectivity index (χ3v) is 5.29. The number of halogens is 1. The summed E-state index contributed by atoms with van der Waals surface area (Å²) in [6.45, 7) is 1.13. The highest BCUT2D eigenvalue weighted by molar-refractivity contribution is 7.14. The molecule has 8 heteroatoms. The Hall–Kier alpha value is -2.12. The molecule has 1 fully saturated rings. The van der Waals surface area contributed by atoms with Crippen molar-refractivity contribution in [2.75, 3.05) is 32.5 Å². The van der Waals surface area contributed by atoms with Gasteiger partial charge >= 0.3 is 6.03 Å². The van der Waals surface area contributed by atoms with Gasteiger partial charge < -0.3 is 15.1 Å². The number of urea groups is 1. The molecule has 0 aliphatic carbocycles. The zero-order valence-electron chi connectivity index (χ0n) is 14.7. The molecule has 3 rings (SSSR count). The summed E-state index contributed by atoms with van der Waals surface area (Å²) in [5, 5.41) is 5.99. The zero-order chi connectivity index (χ0) is 18.7. The van der Waals surface area contributed by atoms with Crippen LogP contribution in [0.25, 0.3) is 11.3 Å². The van der Waals surface area contributed by atoms with Gasteiger partial charge in [0.2, 0.25) is 5.91 Å². The van der Waals surface area contributed by atoms with E-state index >= 15 is 0 Å². The highest BCUT2D eigenvalue weighted by atomic mass is 35.5. The number of thiazole rings is 1. The van der Waals surface area contributed by atoms with Gasteiger partial charge in [-0.2, -0.15) is 0 Å². The lowest BCUT2D eigenvalue weighted by molar-refractivity contribution is -0.121. The maximum atomic E-state index is 12.6. The van der Waals surface area contributed by atoms with Gasteiger partial charge in [0.25, 0.3) is 0 Å². The minimum Gasteiger partial charge on any atom is -0.331 e. The van der Waals surface area contributed by atoms with Crippen molar-refractivity contribution in [3.05, 3.63) is 34.7 Å². The molecule has 0 radical (unpaired) electrons. The van der Waals surface area contributed by atoms with Crippen LogP contribution < -0.4 is 5.32 Å². The van der Waals surface area contributed by atoms with E-state index in [9.17, 15) is 9.59 Å². The average molecular weight is 393 g/mol. The fraction of sp³-hybridized carbons (Fsp3) is 0.389. The second-order valence-corrected chi connectivity index (χ2v) is 7.79. The van der Waals surface area contributed by atoms with Crippen molar-refractivity contribution in [3.63, 3.8) is 0 Å². The molecule has 138 valence electrons. The molecule has 26 heavy (non-hydrogen) atoms. The van der Waals surface area contributed by atoms with Crippen molar-refractivity contribution < 1.29 is 9.59 Å². The van der Waals surface area contributed by atoms with Gasteiger partial charge in [0.1, 0.15) is 0 Å². The van der Waals surface area contributed by atoms with Gasteiger partial charge in [-0.15, -0.1) is 11.3 Å². The van der Waals surface area contributed by atoms with Crippen LogP contribution in [-0.4, -0.2) is 53.9 Å². The zero-order valence-corrected chi connectivity index (χ0v) is 16.3. The first-order valence-corrected chi connectivity index (χ1v) is 9.68. The van der Waals surface area contributed by atoms with Crippen LogP contribution in [-0.2, 0) is 4.79 Å². The normalized spacial score (nSPS) is 17.0. The summed E-state index contributed by atoms with van der Waals surface area (Å²) in [4.78, 5) is 32.4. The SMILES string of the molecule is CN(C)C(=O)N1CCC[C@H](C(=O)Nc2nc(-c3cccc(Cl)c3)cs2)C1. The van der Waals surface area contributed by atoms with Crippen LogP contribution in [0.3, 0.4) is 0 Å². The maximum Gasteiger partial charge on any atom is 0.319 e. The molecule has 1 aromatic carbocycles. The number of carbonyl (C=O) groups excluding carboxylic acids is 2. The molecule has 2 heterocycles. The van der Waals surface area contributed by atoms with Gasteiger partial charge in [-0.25, -0.2) is 9.78 Å². The Morgan fingerprint density at radius 1 is 1.38 bits per heavy atom. The molecule has 1 saturated heterocycles. The van der Waals surface area contributed by atoms with Crippen molar-refractivity contribution >= 4 is 40.0 Å². The Morgan fingerprint density at radius 2 is 2.19 bits per heavy atom. The van der Waals surface area contributed by atoms with Crippen LogP contribution in [0.15, 0.2) is 29.6 Å². The van der Waals surface area contributed by atoms with E-state index in [4.69, 9.17) is 11.6 Å². The van der Waals surface area contributed by atoms with Crippen molar-refractivity contribution in [2.45, 2.75) is 12.8 Å². The summed E-state index contributed by atoms with van der Waals surface area (Å²) >= 11 is 7.40. The summed E-state index contributed by atoms with van der Waals surface area (Å²) in [5.74, 6) is -0.306. The van der Waals surface area contributed by atoms with Crippen LogP contribution in [0, 0.1) is 5.92 Å². The molecule has 3 amide bonds. The molecule has 0 bridgehead atoms. The minimum atomic E-state index is -0.217. The summed E-state index contributed by atoms with van der Waals surface area (Å²) in [6.07, 6.45) is 1.60. The van der Waals surface area contributed by atoms with E-state index in [1.165, 1.54) is 11.3 Å². The van der Waals surface area contributed by atoms with Gasteiger partial charge in [0.05, 0.1) is 11.6 Å². The molecule has 1 aliphatic heterocycles. The summed E-state index contributed by atoms with van der Waals surface area (Å²) < 4.78 is 0. The number of anilines is 1. The Kier molecular flexibility index (Phi) is 5.78. The van der Waals surface area contributed by atoms with E-state index < -0.39 is 0 Å². The third kappa shape index (κ3) is 4.34. The number of benzene rings is 1. The first-order chi connectivity index (χ1) is 12.4. The van der Waals surface area contributed by atoms with Crippen LogP contribution in [0.5, 0.6) is 0 Å².